The van der Waals surface area contributed by atoms with Crippen LogP contribution in [0.5, 0.6) is 0 Å². The Labute approximate surface area is 130 Å². The van der Waals surface area contributed by atoms with Gasteiger partial charge in [-0.05, 0) is 63.0 Å². The molecule has 3 nitrogen and oxygen atoms in total. The third-order valence-electron chi connectivity index (χ3n) is 5.46. The average molecular weight is 304 g/mol. The number of piperidine rings is 1. The molecule has 2 bridgehead atoms. The first-order chi connectivity index (χ1) is 10.2. The van der Waals surface area contributed by atoms with Crippen LogP contribution in [0.1, 0.15) is 65.1 Å². The van der Waals surface area contributed by atoms with Crippen LogP contribution in [0.25, 0.3) is 0 Å². The number of carbonyl (C=O) groups excluding carboxylic acids is 1. The van der Waals surface area contributed by atoms with Crippen molar-refractivity contribution in [1.29, 1.82) is 0 Å². The predicted octanol–water partition coefficient (Wildman–Crippen LogP) is 3.11. The van der Waals surface area contributed by atoms with Crippen molar-refractivity contribution in [2.75, 3.05) is 0 Å². The number of nitrogens with zero attached hydrogens (tertiary/aromatic N) is 1. The van der Waals surface area contributed by atoms with Gasteiger partial charge in [0.1, 0.15) is 0 Å². The second-order valence-corrected chi connectivity index (χ2v) is 8.09. The number of hydrogen-bond donors (Lipinski definition) is 1. The molecule has 2 fully saturated rings. The van der Waals surface area contributed by atoms with Gasteiger partial charge in [0.2, 0.25) is 0 Å². The largest absolute Gasteiger partial charge is 0.332 e. The minimum Gasteiger partial charge on any atom is -0.332 e. The normalized spacial score (nSPS) is 31.9. The van der Waals surface area contributed by atoms with Gasteiger partial charge in [0.15, 0.2) is 0 Å². The van der Waals surface area contributed by atoms with E-state index in [1.54, 1.807) is 11.3 Å². The zero-order chi connectivity index (χ0) is 14.4. The van der Waals surface area contributed by atoms with Gasteiger partial charge in [-0.15, -0.1) is 11.3 Å². The third kappa shape index (κ3) is 2.42. The fraction of sp³-hybridized carbons (Fsp3) is 0.706. The molecule has 4 heteroatoms. The van der Waals surface area contributed by atoms with Crippen LogP contribution in [0.4, 0.5) is 0 Å². The number of amides is 1. The zero-order valence-electron chi connectivity index (χ0n) is 12.5. The standard InChI is InChI=1S/C17H24N2OS/c18-12-9-13-6-7-14(10-12)19(13)17(20)16-8-11-4-2-1-3-5-15(11)21-16/h8,12-14H,1-7,9-10,18H2. The van der Waals surface area contributed by atoms with Crippen LogP contribution in [0, 0.1) is 0 Å². The summed E-state index contributed by atoms with van der Waals surface area (Å²) in [5, 5.41) is 0. The molecule has 2 N–H and O–H groups in total. The van der Waals surface area contributed by atoms with E-state index in [-0.39, 0.29) is 5.91 Å². The molecule has 2 aliphatic heterocycles. The molecular formula is C17H24N2OS. The van der Waals surface area contributed by atoms with E-state index in [4.69, 9.17) is 5.73 Å². The van der Waals surface area contributed by atoms with Crippen LogP contribution < -0.4 is 5.73 Å². The Balaban J connectivity index is 1.58. The fourth-order valence-corrected chi connectivity index (χ4v) is 5.65. The summed E-state index contributed by atoms with van der Waals surface area (Å²) in [5.41, 5.74) is 7.56. The first-order valence-electron chi connectivity index (χ1n) is 8.42. The molecule has 4 rings (SSSR count). The van der Waals surface area contributed by atoms with Crippen molar-refractivity contribution in [2.24, 2.45) is 5.73 Å². The van der Waals surface area contributed by atoms with Crippen LogP contribution >= 0.6 is 11.3 Å². The van der Waals surface area contributed by atoms with Crippen LogP contribution in [0.15, 0.2) is 6.07 Å². The van der Waals surface area contributed by atoms with Gasteiger partial charge >= 0.3 is 0 Å². The van der Waals surface area contributed by atoms with Crippen molar-refractivity contribution in [2.45, 2.75) is 75.9 Å². The van der Waals surface area contributed by atoms with E-state index in [0.717, 1.165) is 37.0 Å². The number of nitrogens with two attached hydrogens (primary N) is 1. The summed E-state index contributed by atoms with van der Waals surface area (Å²) >= 11 is 1.76. The lowest BCUT2D eigenvalue weighted by molar-refractivity contribution is 0.0580. The molecule has 2 atom stereocenters. The molecule has 0 spiro atoms. The maximum Gasteiger partial charge on any atom is 0.264 e. The summed E-state index contributed by atoms with van der Waals surface area (Å²) in [4.78, 5) is 17.6. The Kier molecular flexibility index (Phi) is 3.54. The minimum absolute atomic E-state index is 0.285. The molecule has 1 amide bonds. The highest BCUT2D eigenvalue weighted by Gasteiger charge is 2.42. The van der Waals surface area contributed by atoms with Gasteiger partial charge < -0.3 is 10.6 Å². The minimum atomic E-state index is 0.285. The molecular weight excluding hydrogens is 280 g/mol. The summed E-state index contributed by atoms with van der Waals surface area (Å²) in [6.07, 6.45) is 10.5. The molecule has 21 heavy (non-hydrogen) atoms. The van der Waals surface area contributed by atoms with Gasteiger partial charge in [0, 0.05) is 23.0 Å². The molecule has 3 aliphatic rings. The number of hydrogen-bond acceptors (Lipinski definition) is 3. The Hall–Kier alpha value is -0.870. The maximum absolute atomic E-state index is 13.0. The highest BCUT2D eigenvalue weighted by atomic mass is 32.1. The smallest absolute Gasteiger partial charge is 0.264 e. The summed E-state index contributed by atoms with van der Waals surface area (Å²) in [7, 11) is 0. The Bertz CT molecular complexity index is 515. The highest BCUT2D eigenvalue weighted by Crippen LogP contribution is 2.38. The second kappa shape index (κ2) is 5.40. The van der Waals surface area contributed by atoms with Crippen LogP contribution in [0.3, 0.4) is 0 Å². The summed E-state index contributed by atoms with van der Waals surface area (Å²) in [6, 6.07) is 3.29. The van der Waals surface area contributed by atoms with Gasteiger partial charge in [-0.3, -0.25) is 4.79 Å². The number of thiophene rings is 1. The van der Waals surface area contributed by atoms with Crippen LogP contribution in [-0.4, -0.2) is 28.9 Å². The molecule has 0 saturated carbocycles. The zero-order valence-corrected chi connectivity index (χ0v) is 13.3. The van der Waals surface area contributed by atoms with Crippen molar-refractivity contribution in [3.05, 3.63) is 21.4 Å². The van der Waals surface area contributed by atoms with E-state index < -0.39 is 0 Å². The van der Waals surface area contributed by atoms with Crippen molar-refractivity contribution in [1.82, 2.24) is 4.90 Å². The van der Waals surface area contributed by atoms with Gasteiger partial charge in [0.25, 0.3) is 5.91 Å². The number of fused-ring (bicyclic) bond motifs is 3. The van der Waals surface area contributed by atoms with E-state index >= 15 is 0 Å². The van der Waals surface area contributed by atoms with E-state index in [0.29, 0.717) is 18.1 Å². The molecule has 1 aliphatic carbocycles. The molecule has 1 aromatic rings. The maximum atomic E-state index is 13.0. The van der Waals surface area contributed by atoms with Crippen molar-refractivity contribution >= 4 is 17.2 Å². The molecule has 0 radical (unpaired) electrons. The predicted molar refractivity (Wildman–Crippen MR) is 85.8 cm³/mol. The molecule has 2 unspecified atom stereocenters. The monoisotopic (exact) mass is 304 g/mol. The van der Waals surface area contributed by atoms with Crippen LogP contribution in [0.2, 0.25) is 0 Å². The molecule has 114 valence electrons. The van der Waals surface area contributed by atoms with E-state index in [2.05, 4.69) is 11.0 Å². The second-order valence-electron chi connectivity index (χ2n) is 6.95. The van der Waals surface area contributed by atoms with Gasteiger partial charge in [0.05, 0.1) is 4.88 Å². The fourth-order valence-electron chi connectivity index (χ4n) is 4.45. The molecule has 1 aromatic heterocycles. The van der Waals surface area contributed by atoms with Crippen molar-refractivity contribution in [3.8, 4) is 0 Å². The molecule has 0 aromatic carbocycles. The van der Waals surface area contributed by atoms with E-state index in [1.165, 1.54) is 36.1 Å². The topological polar surface area (TPSA) is 46.3 Å². The number of carbonyl (C=O) groups is 1. The third-order valence-corrected chi connectivity index (χ3v) is 6.69. The quantitative estimate of drug-likeness (QED) is 0.810. The number of aryl methyl sites for hydroxylation is 2. The highest BCUT2D eigenvalue weighted by molar-refractivity contribution is 7.14. The van der Waals surface area contributed by atoms with E-state index in [9.17, 15) is 4.79 Å². The Morgan fingerprint density at radius 1 is 1.14 bits per heavy atom. The van der Waals surface area contributed by atoms with E-state index in [1.807, 2.05) is 0 Å². The SMILES string of the molecule is NC1CC2CCC(C1)N2C(=O)c1cc2c(s1)CCCCC2. The average Bonchev–Trinajstić information content (AvgIpc) is 2.90. The van der Waals surface area contributed by atoms with Crippen molar-refractivity contribution in [3.63, 3.8) is 0 Å². The molecule has 3 heterocycles. The lowest BCUT2D eigenvalue weighted by Crippen LogP contribution is -2.49. The van der Waals surface area contributed by atoms with Gasteiger partial charge in [-0.2, -0.15) is 0 Å². The number of rotatable bonds is 1. The van der Waals surface area contributed by atoms with Crippen molar-refractivity contribution < 1.29 is 4.79 Å². The van der Waals surface area contributed by atoms with Gasteiger partial charge in [-0.25, -0.2) is 0 Å². The molecule has 2 saturated heterocycles. The summed E-state index contributed by atoms with van der Waals surface area (Å²) in [6.45, 7) is 0. The lowest BCUT2D eigenvalue weighted by Gasteiger charge is -2.37. The summed E-state index contributed by atoms with van der Waals surface area (Å²) in [5.74, 6) is 0.285. The lowest BCUT2D eigenvalue weighted by atomic mass is 9.98. The first kappa shape index (κ1) is 13.8. The van der Waals surface area contributed by atoms with Gasteiger partial charge in [-0.1, -0.05) is 6.42 Å². The summed E-state index contributed by atoms with van der Waals surface area (Å²) < 4.78 is 0. The Morgan fingerprint density at radius 3 is 2.62 bits per heavy atom. The Morgan fingerprint density at radius 2 is 1.86 bits per heavy atom. The van der Waals surface area contributed by atoms with Crippen LogP contribution in [-0.2, 0) is 12.8 Å². The first-order valence-corrected chi connectivity index (χ1v) is 9.24.